The zero-order valence-corrected chi connectivity index (χ0v) is 21.1. The molecule has 6 rings (SSSR count). The molecule has 0 bridgehead atoms. The van der Waals surface area contributed by atoms with Gasteiger partial charge in [0.1, 0.15) is 13.2 Å². The highest BCUT2D eigenvalue weighted by Crippen LogP contribution is 2.40. The second-order valence-corrected chi connectivity index (χ2v) is 9.95. The number of hydrogen-bond donors (Lipinski definition) is 0. The summed E-state index contributed by atoms with van der Waals surface area (Å²) in [5, 5.41) is 0.0610. The molecule has 36 heavy (non-hydrogen) atoms. The van der Waals surface area contributed by atoms with Gasteiger partial charge in [-0.25, -0.2) is 0 Å². The molecule has 3 aliphatic rings. The minimum atomic E-state index is -0.358. The molecule has 0 unspecified atom stereocenters. The fourth-order valence-electron chi connectivity index (χ4n) is 4.53. The van der Waals surface area contributed by atoms with Gasteiger partial charge >= 0.3 is 0 Å². The van der Waals surface area contributed by atoms with Crippen LogP contribution < -0.4 is 18.9 Å². The third-order valence-corrected chi connectivity index (χ3v) is 7.54. The van der Waals surface area contributed by atoms with Gasteiger partial charge in [0.2, 0.25) is 6.79 Å². The van der Waals surface area contributed by atoms with Gasteiger partial charge in [-0.2, -0.15) is 0 Å². The Morgan fingerprint density at radius 3 is 2.47 bits per heavy atom. The van der Waals surface area contributed by atoms with E-state index in [-0.39, 0.29) is 24.5 Å². The average Bonchev–Trinajstić information content (AvgIpc) is 3.51. The number of thioether (sulfide) groups is 1. The first kappa shape index (κ1) is 22.9. The standard InChI is InChI=1S/C26H21ClN2O6S/c1-14-7-16(15(2)29(14)18-3-4-20-22(10-18)33-6-5-32-20)9-24-25(30)28(26(31)36-24)12-17-8-21-23(11-19(17)27)35-13-34-21/h3-4,7-11H,5-6,12-13H2,1-2H3/b24-9-. The van der Waals surface area contributed by atoms with Crippen LogP contribution in [0.2, 0.25) is 5.02 Å². The highest BCUT2D eigenvalue weighted by Gasteiger charge is 2.36. The van der Waals surface area contributed by atoms with E-state index < -0.39 is 0 Å². The molecule has 1 saturated heterocycles. The highest BCUT2D eigenvalue weighted by molar-refractivity contribution is 8.18. The van der Waals surface area contributed by atoms with Crippen molar-refractivity contribution in [1.29, 1.82) is 0 Å². The zero-order chi connectivity index (χ0) is 25.0. The molecule has 4 heterocycles. The lowest BCUT2D eigenvalue weighted by molar-refractivity contribution is -0.123. The summed E-state index contributed by atoms with van der Waals surface area (Å²) in [5.74, 6) is 2.16. The van der Waals surface area contributed by atoms with Gasteiger partial charge in [-0.15, -0.1) is 0 Å². The van der Waals surface area contributed by atoms with E-state index in [0.717, 1.165) is 40.2 Å². The predicted octanol–water partition coefficient (Wildman–Crippen LogP) is 5.48. The summed E-state index contributed by atoms with van der Waals surface area (Å²) in [6, 6.07) is 11.2. The molecule has 10 heteroatoms. The van der Waals surface area contributed by atoms with Crippen LogP contribution in [0.1, 0.15) is 22.5 Å². The largest absolute Gasteiger partial charge is 0.486 e. The fourth-order valence-corrected chi connectivity index (χ4v) is 5.57. The van der Waals surface area contributed by atoms with Crippen molar-refractivity contribution in [3.8, 4) is 28.7 Å². The van der Waals surface area contributed by atoms with Gasteiger partial charge in [0, 0.05) is 34.2 Å². The number of carbonyl (C=O) groups excluding carboxylic acids is 2. The Morgan fingerprint density at radius 2 is 1.67 bits per heavy atom. The minimum Gasteiger partial charge on any atom is -0.486 e. The molecule has 3 aromatic rings. The minimum absolute atomic E-state index is 0.0493. The van der Waals surface area contributed by atoms with Gasteiger partial charge in [0.05, 0.1) is 11.4 Å². The zero-order valence-electron chi connectivity index (χ0n) is 19.5. The third kappa shape index (κ3) is 3.88. The van der Waals surface area contributed by atoms with Crippen LogP contribution in [-0.2, 0) is 11.3 Å². The Labute approximate surface area is 216 Å². The first-order valence-corrected chi connectivity index (χ1v) is 12.5. The summed E-state index contributed by atoms with van der Waals surface area (Å²) in [4.78, 5) is 27.5. The van der Waals surface area contributed by atoms with Gasteiger partial charge in [-0.3, -0.25) is 14.5 Å². The van der Waals surface area contributed by atoms with Gasteiger partial charge in [0.15, 0.2) is 23.0 Å². The highest BCUT2D eigenvalue weighted by atomic mass is 35.5. The SMILES string of the molecule is Cc1cc(/C=C2\SC(=O)N(Cc3cc4c(cc3Cl)OCO4)C2=O)c(C)n1-c1ccc2c(c1)OCCO2. The van der Waals surface area contributed by atoms with E-state index in [0.29, 0.717) is 46.0 Å². The van der Waals surface area contributed by atoms with E-state index in [9.17, 15) is 9.59 Å². The number of imide groups is 1. The van der Waals surface area contributed by atoms with Crippen LogP contribution in [0.3, 0.4) is 0 Å². The van der Waals surface area contributed by atoms with Crippen LogP contribution in [-0.4, -0.2) is 40.6 Å². The number of carbonyl (C=O) groups is 2. The van der Waals surface area contributed by atoms with Crippen molar-refractivity contribution in [2.24, 2.45) is 0 Å². The Hall–Kier alpha value is -3.56. The van der Waals surface area contributed by atoms with Gasteiger partial charge in [-0.05, 0) is 67.1 Å². The second-order valence-electron chi connectivity index (χ2n) is 8.55. The van der Waals surface area contributed by atoms with E-state index in [1.807, 2.05) is 38.1 Å². The van der Waals surface area contributed by atoms with Crippen LogP contribution in [0.25, 0.3) is 11.8 Å². The lowest BCUT2D eigenvalue weighted by Crippen LogP contribution is -2.27. The van der Waals surface area contributed by atoms with E-state index in [1.165, 1.54) is 4.90 Å². The van der Waals surface area contributed by atoms with Crippen molar-refractivity contribution in [2.45, 2.75) is 20.4 Å². The number of fused-ring (bicyclic) bond motifs is 2. The molecule has 3 aliphatic heterocycles. The summed E-state index contributed by atoms with van der Waals surface area (Å²) >= 11 is 7.28. The third-order valence-electron chi connectivity index (χ3n) is 6.28. The monoisotopic (exact) mass is 524 g/mol. The molecular weight excluding hydrogens is 504 g/mol. The quantitative estimate of drug-likeness (QED) is 0.418. The lowest BCUT2D eigenvalue weighted by atomic mass is 10.2. The molecule has 2 amide bonds. The maximum Gasteiger partial charge on any atom is 0.293 e. The molecule has 0 spiro atoms. The number of aryl methyl sites for hydroxylation is 1. The molecule has 0 N–H and O–H groups in total. The maximum atomic E-state index is 13.2. The second kappa shape index (κ2) is 8.83. The van der Waals surface area contributed by atoms with Crippen LogP contribution in [0, 0.1) is 13.8 Å². The molecule has 0 aliphatic carbocycles. The topological polar surface area (TPSA) is 79.2 Å². The summed E-state index contributed by atoms with van der Waals surface area (Å²) in [7, 11) is 0. The van der Waals surface area contributed by atoms with E-state index in [4.69, 9.17) is 30.5 Å². The summed E-state index contributed by atoms with van der Waals surface area (Å²) in [6.45, 7) is 5.19. The summed E-state index contributed by atoms with van der Waals surface area (Å²) < 4.78 is 24.2. The van der Waals surface area contributed by atoms with Crippen molar-refractivity contribution in [2.75, 3.05) is 20.0 Å². The van der Waals surface area contributed by atoms with E-state index >= 15 is 0 Å². The maximum absolute atomic E-state index is 13.2. The van der Waals surface area contributed by atoms with E-state index in [2.05, 4.69) is 4.57 Å². The molecule has 2 aromatic carbocycles. The molecule has 0 atom stereocenters. The molecule has 0 radical (unpaired) electrons. The van der Waals surface area contributed by atoms with Crippen LogP contribution >= 0.6 is 23.4 Å². The van der Waals surface area contributed by atoms with Crippen LogP contribution in [0.5, 0.6) is 23.0 Å². The Kier molecular flexibility index (Phi) is 5.61. The predicted molar refractivity (Wildman–Crippen MR) is 135 cm³/mol. The fraction of sp³-hybridized carbons (Fsp3) is 0.231. The summed E-state index contributed by atoms with van der Waals surface area (Å²) in [5.41, 5.74) is 4.33. The smallest absolute Gasteiger partial charge is 0.293 e. The van der Waals surface area contributed by atoms with Crippen molar-refractivity contribution in [3.05, 3.63) is 68.8 Å². The normalized spacial score (nSPS) is 17.4. The summed E-state index contributed by atoms with van der Waals surface area (Å²) in [6.07, 6.45) is 1.77. The van der Waals surface area contributed by atoms with Crippen molar-refractivity contribution < 1.29 is 28.5 Å². The first-order chi connectivity index (χ1) is 17.4. The Morgan fingerprint density at radius 1 is 0.944 bits per heavy atom. The average molecular weight is 525 g/mol. The molecule has 1 aromatic heterocycles. The first-order valence-electron chi connectivity index (χ1n) is 11.3. The number of halogens is 1. The van der Waals surface area contributed by atoms with Crippen LogP contribution in [0.4, 0.5) is 4.79 Å². The number of rotatable bonds is 4. The van der Waals surface area contributed by atoms with E-state index in [1.54, 1.807) is 18.2 Å². The molecule has 0 saturated carbocycles. The Balaban J connectivity index is 1.27. The molecular formula is C26H21ClN2O6S. The van der Waals surface area contributed by atoms with Gasteiger partial charge in [-0.1, -0.05) is 11.6 Å². The number of benzene rings is 2. The van der Waals surface area contributed by atoms with Crippen LogP contribution in [0.15, 0.2) is 41.3 Å². The molecule has 184 valence electrons. The van der Waals surface area contributed by atoms with Gasteiger partial charge in [0.25, 0.3) is 11.1 Å². The van der Waals surface area contributed by atoms with Crippen molar-refractivity contribution in [3.63, 3.8) is 0 Å². The number of nitrogens with zero attached hydrogens (tertiary/aromatic N) is 2. The number of amides is 2. The van der Waals surface area contributed by atoms with Gasteiger partial charge < -0.3 is 23.5 Å². The number of hydrogen-bond acceptors (Lipinski definition) is 7. The number of ether oxygens (including phenoxy) is 4. The Bertz CT molecular complexity index is 1460. The lowest BCUT2D eigenvalue weighted by Gasteiger charge is -2.20. The van der Waals surface area contributed by atoms with Crippen molar-refractivity contribution >= 4 is 40.6 Å². The number of aromatic nitrogens is 1. The van der Waals surface area contributed by atoms with Crippen molar-refractivity contribution in [1.82, 2.24) is 9.47 Å². The molecule has 1 fully saturated rings. The molecule has 8 nitrogen and oxygen atoms in total.